The van der Waals surface area contributed by atoms with Crippen LogP contribution in [-0.4, -0.2) is 24.5 Å². The zero-order chi connectivity index (χ0) is 20.7. The summed E-state index contributed by atoms with van der Waals surface area (Å²) in [5.74, 6) is -1.08. The van der Waals surface area contributed by atoms with E-state index in [1.165, 1.54) is 30.3 Å². The van der Waals surface area contributed by atoms with Crippen LogP contribution in [0.15, 0.2) is 53.4 Å². The van der Waals surface area contributed by atoms with Crippen molar-refractivity contribution in [2.45, 2.75) is 11.1 Å². The highest BCUT2D eigenvalue weighted by atomic mass is 32.2. The molecule has 1 heterocycles. The third-order valence-corrected chi connectivity index (χ3v) is 5.00. The molecular weight excluding hydrogens is 398 g/mol. The molecule has 0 bridgehead atoms. The Morgan fingerprint density at radius 2 is 1.71 bits per heavy atom. The Balaban J connectivity index is 2.21. The summed E-state index contributed by atoms with van der Waals surface area (Å²) in [6.07, 6.45) is -3.91. The van der Waals surface area contributed by atoms with Gasteiger partial charge in [-0.1, -0.05) is 6.07 Å². The first-order chi connectivity index (χ1) is 13.0. The van der Waals surface area contributed by atoms with E-state index in [2.05, 4.69) is 5.10 Å². The van der Waals surface area contributed by atoms with Crippen molar-refractivity contribution in [2.75, 3.05) is 6.26 Å². The van der Waals surface area contributed by atoms with Crippen molar-refractivity contribution in [3.8, 4) is 23.0 Å². The number of hydrogen-bond donors (Lipinski definition) is 0. The predicted octanol–water partition coefficient (Wildman–Crippen LogP) is 3.97. The van der Waals surface area contributed by atoms with E-state index in [4.69, 9.17) is 5.26 Å². The molecule has 28 heavy (non-hydrogen) atoms. The Morgan fingerprint density at radius 3 is 2.21 bits per heavy atom. The van der Waals surface area contributed by atoms with Crippen LogP contribution in [-0.2, 0) is 16.0 Å². The maximum atomic E-state index is 14.2. The first kappa shape index (κ1) is 19.6. The van der Waals surface area contributed by atoms with Crippen LogP contribution in [0.5, 0.6) is 0 Å². The van der Waals surface area contributed by atoms with E-state index < -0.39 is 32.4 Å². The van der Waals surface area contributed by atoms with Gasteiger partial charge in [-0.3, -0.25) is 0 Å². The van der Waals surface area contributed by atoms with Crippen LogP contribution in [0.3, 0.4) is 0 Å². The minimum Gasteiger partial charge on any atom is -0.233 e. The van der Waals surface area contributed by atoms with E-state index in [1.54, 1.807) is 0 Å². The molecule has 3 rings (SSSR count). The molecule has 0 N–H and O–H groups in total. The number of sulfone groups is 1. The van der Waals surface area contributed by atoms with E-state index in [1.807, 2.05) is 6.07 Å². The molecule has 0 atom stereocenters. The van der Waals surface area contributed by atoms with E-state index in [9.17, 15) is 26.0 Å². The topological polar surface area (TPSA) is 75.8 Å². The summed E-state index contributed by atoms with van der Waals surface area (Å²) in [4.78, 5) is -0.559. The molecule has 0 aliphatic rings. The number of halogens is 4. The molecule has 0 radical (unpaired) electrons. The fraction of sp³-hybridized carbons (Fsp3) is 0.111. The van der Waals surface area contributed by atoms with Gasteiger partial charge in [-0.25, -0.2) is 17.5 Å². The molecule has 0 unspecified atom stereocenters. The molecule has 0 saturated heterocycles. The molecule has 0 saturated carbocycles. The molecule has 5 nitrogen and oxygen atoms in total. The van der Waals surface area contributed by atoms with Crippen LogP contribution in [0.2, 0.25) is 0 Å². The van der Waals surface area contributed by atoms with Gasteiger partial charge in [0.05, 0.1) is 23.0 Å². The van der Waals surface area contributed by atoms with Crippen molar-refractivity contribution in [1.29, 1.82) is 5.26 Å². The number of nitriles is 1. The zero-order valence-corrected chi connectivity index (χ0v) is 15.0. The number of rotatable bonds is 3. The van der Waals surface area contributed by atoms with Crippen molar-refractivity contribution in [3.63, 3.8) is 0 Å². The first-order valence-corrected chi connectivity index (χ1v) is 9.57. The number of nitrogens with zero attached hydrogens (tertiary/aromatic N) is 3. The molecule has 0 fully saturated rings. The second-order valence-electron chi connectivity index (χ2n) is 5.90. The monoisotopic (exact) mass is 409 g/mol. The van der Waals surface area contributed by atoms with Crippen LogP contribution < -0.4 is 0 Å². The molecule has 0 aliphatic carbocycles. The van der Waals surface area contributed by atoms with Gasteiger partial charge in [0, 0.05) is 11.8 Å². The van der Waals surface area contributed by atoms with Crippen molar-refractivity contribution in [3.05, 3.63) is 65.6 Å². The summed E-state index contributed by atoms with van der Waals surface area (Å²) in [5.41, 5.74) is -0.748. The van der Waals surface area contributed by atoms with Gasteiger partial charge in [0.25, 0.3) is 0 Å². The van der Waals surface area contributed by atoms with Crippen LogP contribution in [0.25, 0.3) is 16.9 Å². The van der Waals surface area contributed by atoms with Crippen LogP contribution >= 0.6 is 0 Å². The molecule has 0 aliphatic heterocycles. The van der Waals surface area contributed by atoms with Gasteiger partial charge in [0.15, 0.2) is 15.5 Å². The van der Waals surface area contributed by atoms with Crippen LogP contribution in [0, 0.1) is 17.1 Å². The van der Waals surface area contributed by atoms with Crippen molar-refractivity contribution >= 4 is 9.84 Å². The number of benzene rings is 2. The highest BCUT2D eigenvalue weighted by Crippen LogP contribution is 2.34. The molecule has 144 valence electrons. The number of hydrogen-bond acceptors (Lipinski definition) is 4. The van der Waals surface area contributed by atoms with Gasteiger partial charge < -0.3 is 0 Å². The molecule has 1 aromatic heterocycles. The Morgan fingerprint density at radius 1 is 1.07 bits per heavy atom. The van der Waals surface area contributed by atoms with Gasteiger partial charge in [-0.2, -0.15) is 23.5 Å². The Hall–Kier alpha value is -3.19. The van der Waals surface area contributed by atoms with Crippen molar-refractivity contribution in [2.24, 2.45) is 0 Å². The Labute approximate surface area is 157 Å². The summed E-state index contributed by atoms with van der Waals surface area (Å²) in [6, 6.07) is 11.3. The summed E-state index contributed by atoms with van der Waals surface area (Å²) in [7, 11) is -3.83. The smallest absolute Gasteiger partial charge is 0.233 e. The lowest BCUT2D eigenvalue weighted by atomic mass is 10.1. The zero-order valence-electron chi connectivity index (χ0n) is 14.2. The summed E-state index contributed by atoms with van der Waals surface area (Å²) in [5, 5.41) is 12.4. The largest absolute Gasteiger partial charge is 0.435 e. The van der Waals surface area contributed by atoms with E-state index in [0.717, 1.165) is 29.1 Å². The Kier molecular flexibility index (Phi) is 4.72. The number of alkyl halides is 3. The maximum Gasteiger partial charge on any atom is 0.435 e. The molecule has 0 spiro atoms. The van der Waals surface area contributed by atoms with Crippen LogP contribution in [0.4, 0.5) is 17.6 Å². The summed E-state index contributed by atoms with van der Waals surface area (Å²) >= 11 is 0. The van der Waals surface area contributed by atoms with Gasteiger partial charge in [-0.05, 0) is 42.5 Å². The molecule has 2 aromatic carbocycles. The molecule has 10 heteroatoms. The van der Waals surface area contributed by atoms with Crippen molar-refractivity contribution < 1.29 is 26.0 Å². The van der Waals surface area contributed by atoms with Gasteiger partial charge in [0.2, 0.25) is 0 Å². The SMILES string of the molecule is CS(=O)(=O)c1ccc(-c2cc(C(F)(F)F)nn2-c2ccc(C#N)cc2)cc1F. The van der Waals surface area contributed by atoms with Crippen LogP contribution in [0.1, 0.15) is 11.3 Å². The van der Waals surface area contributed by atoms with Gasteiger partial charge in [-0.15, -0.1) is 0 Å². The standard InChI is InChI=1S/C18H11F4N3O2S/c1-28(26,27)16-7-4-12(8-14(16)19)15-9-17(18(20,21)22)24-25(15)13-5-2-11(10-23)3-6-13/h2-9H,1H3. The van der Waals surface area contributed by atoms with E-state index >= 15 is 0 Å². The fourth-order valence-electron chi connectivity index (χ4n) is 2.56. The first-order valence-electron chi connectivity index (χ1n) is 7.68. The van der Waals surface area contributed by atoms with Gasteiger partial charge in [0.1, 0.15) is 10.7 Å². The lowest BCUT2D eigenvalue weighted by molar-refractivity contribution is -0.141. The number of aromatic nitrogens is 2. The van der Waals surface area contributed by atoms with E-state index in [0.29, 0.717) is 5.56 Å². The Bertz CT molecular complexity index is 1190. The highest BCUT2D eigenvalue weighted by Gasteiger charge is 2.35. The summed E-state index contributed by atoms with van der Waals surface area (Å²) in [6.45, 7) is 0. The minimum atomic E-state index is -4.74. The van der Waals surface area contributed by atoms with E-state index in [-0.39, 0.29) is 16.9 Å². The lowest BCUT2D eigenvalue weighted by Gasteiger charge is -2.09. The normalized spacial score (nSPS) is 12.0. The summed E-state index contributed by atoms with van der Waals surface area (Å²) < 4.78 is 77.8. The molecule has 0 amide bonds. The lowest BCUT2D eigenvalue weighted by Crippen LogP contribution is -2.07. The third kappa shape index (κ3) is 3.75. The molecular formula is C18H11F4N3O2S. The van der Waals surface area contributed by atoms with Gasteiger partial charge >= 0.3 is 6.18 Å². The second kappa shape index (κ2) is 6.76. The minimum absolute atomic E-state index is 0.0114. The predicted molar refractivity (Wildman–Crippen MR) is 91.8 cm³/mol. The quantitative estimate of drug-likeness (QED) is 0.614. The third-order valence-electron chi connectivity index (χ3n) is 3.87. The second-order valence-corrected chi connectivity index (χ2v) is 7.88. The highest BCUT2D eigenvalue weighted by molar-refractivity contribution is 7.90. The molecule has 3 aromatic rings. The maximum absolute atomic E-state index is 14.2. The average Bonchev–Trinajstić information content (AvgIpc) is 3.06. The average molecular weight is 409 g/mol. The fourth-order valence-corrected chi connectivity index (χ4v) is 3.29. The van der Waals surface area contributed by atoms with Crippen molar-refractivity contribution in [1.82, 2.24) is 9.78 Å².